The fourth-order valence-electron chi connectivity index (χ4n) is 5.34. The fraction of sp³-hybridized carbons (Fsp3) is 0.448. The van der Waals surface area contributed by atoms with Crippen molar-refractivity contribution in [1.82, 2.24) is 0 Å². The van der Waals surface area contributed by atoms with Crippen molar-refractivity contribution in [2.45, 2.75) is 77.0 Å². The Morgan fingerprint density at radius 3 is 2.27 bits per heavy atom. The molecule has 0 unspecified atom stereocenters. The number of hydrogen-bond donors (Lipinski definition) is 0. The quantitative estimate of drug-likeness (QED) is 0.329. The number of halogens is 1. The van der Waals surface area contributed by atoms with E-state index in [-0.39, 0.29) is 5.82 Å². The molecule has 1 saturated carbocycles. The van der Waals surface area contributed by atoms with Crippen LogP contribution < -0.4 is 0 Å². The predicted octanol–water partition coefficient (Wildman–Crippen LogP) is 9.28. The molecule has 0 saturated heterocycles. The highest BCUT2D eigenvalue weighted by Crippen LogP contribution is 2.41. The molecule has 0 aromatic heterocycles. The van der Waals surface area contributed by atoms with E-state index in [1.807, 2.05) is 42.5 Å². The first-order valence-electron chi connectivity index (χ1n) is 12.0. The Balaban J connectivity index is 1.46. The van der Waals surface area contributed by atoms with E-state index in [1.54, 1.807) is 0 Å². The second-order valence-corrected chi connectivity index (χ2v) is 9.16. The second-order valence-electron chi connectivity index (χ2n) is 9.16. The number of rotatable bonds is 8. The summed E-state index contributed by atoms with van der Waals surface area (Å²) in [4.78, 5) is 0. The summed E-state index contributed by atoms with van der Waals surface area (Å²) in [7, 11) is 0. The van der Waals surface area contributed by atoms with Gasteiger partial charge in [-0.15, -0.1) is 0 Å². The second kappa shape index (κ2) is 10.2. The van der Waals surface area contributed by atoms with Crippen molar-refractivity contribution in [3.8, 4) is 11.1 Å². The van der Waals surface area contributed by atoms with Gasteiger partial charge < -0.3 is 0 Å². The van der Waals surface area contributed by atoms with Crippen LogP contribution in [0.5, 0.6) is 0 Å². The summed E-state index contributed by atoms with van der Waals surface area (Å²) in [5, 5.41) is 1.88. The summed E-state index contributed by atoms with van der Waals surface area (Å²) in [5.74, 6) is 1.40. The Hall–Kier alpha value is -2.15. The molecule has 0 radical (unpaired) electrons. The van der Waals surface area contributed by atoms with Gasteiger partial charge in [0, 0.05) is 10.9 Å². The molecule has 1 aliphatic carbocycles. The summed E-state index contributed by atoms with van der Waals surface area (Å²) in [6, 6.07) is 20.2. The van der Waals surface area contributed by atoms with Crippen molar-refractivity contribution in [2.75, 3.05) is 0 Å². The van der Waals surface area contributed by atoms with Crippen molar-refractivity contribution in [3.05, 3.63) is 72.0 Å². The predicted molar refractivity (Wildman–Crippen MR) is 127 cm³/mol. The van der Waals surface area contributed by atoms with Crippen molar-refractivity contribution in [3.63, 3.8) is 0 Å². The molecule has 1 aliphatic rings. The van der Waals surface area contributed by atoms with E-state index in [0.717, 1.165) is 22.3 Å². The average Bonchev–Trinajstić information content (AvgIpc) is 2.80. The Kier molecular flexibility index (Phi) is 7.20. The van der Waals surface area contributed by atoms with Gasteiger partial charge >= 0.3 is 0 Å². The van der Waals surface area contributed by atoms with Gasteiger partial charge in [0.25, 0.3) is 0 Å². The first-order valence-corrected chi connectivity index (χ1v) is 12.0. The van der Waals surface area contributed by atoms with E-state index in [9.17, 15) is 0 Å². The third kappa shape index (κ3) is 4.77. The van der Waals surface area contributed by atoms with Gasteiger partial charge in [-0.3, -0.25) is 0 Å². The molecule has 0 aliphatic heterocycles. The lowest BCUT2D eigenvalue weighted by Crippen LogP contribution is -2.13. The van der Waals surface area contributed by atoms with E-state index in [4.69, 9.17) is 0 Å². The monoisotopic (exact) mass is 402 g/mol. The van der Waals surface area contributed by atoms with Gasteiger partial charge in [-0.1, -0.05) is 106 Å². The fourth-order valence-corrected chi connectivity index (χ4v) is 5.34. The van der Waals surface area contributed by atoms with Gasteiger partial charge in [0.15, 0.2) is 0 Å². The molecule has 0 amide bonds. The lowest BCUT2D eigenvalue weighted by molar-refractivity contribution is 0.302. The molecule has 4 rings (SSSR count). The van der Waals surface area contributed by atoms with E-state index in [2.05, 4.69) is 25.1 Å². The molecule has 0 heterocycles. The first kappa shape index (κ1) is 21.1. The van der Waals surface area contributed by atoms with Crippen LogP contribution >= 0.6 is 0 Å². The van der Waals surface area contributed by atoms with Crippen LogP contribution in [-0.2, 0) is 0 Å². The van der Waals surface area contributed by atoms with Gasteiger partial charge in [-0.05, 0) is 54.0 Å². The highest BCUT2D eigenvalue weighted by molar-refractivity contribution is 5.91. The van der Waals surface area contributed by atoms with Gasteiger partial charge in [0.1, 0.15) is 5.82 Å². The topological polar surface area (TPSA) is 0 Å². The summed E-state index contributed by atoms with van der Waals surface area (Å²) in [5.41, 5.74) is 3.00. The van der Waals surface area contributed by atoms with Crippen LogP contribution in [0.2, 0.25) is 0 Å². The van der Waals surface area contributed by atoms with Crippen molar-refractivity contribution in [1.29, 1.82) is 0 Å². The molecule has 0 spiro atoms. The van der Waals surface area contributed by atoms with Crippen LogP contribution in [0.1, 0.15) is 82.6 Å². The SMILES string of the molecule is CCCCCCC[C@H]1CC[C@H](c2cccc3c(F)c(-c4ccccc4)ccc32)CC1. The maximum Gasteiger partial charge on any atom is 0.138 e. The van der Waals surface area contributed by atoms with E-state index in [0.29, 0.717) is 11.5 Å². The lowest BCUT2D eigenvalue weighted by Gasteiger charge is -2.29. The molecule has 0 N–H and O–H groups in total. The molecule has 30 heavy (non-hydrogen) atoms. The Labute approximate surface area is 181 Å². The summed E-state index contributed by atoms with van der Waals surface area (Å²) in [6.07, 6.45) is 13.5. The zero-order valence-electron chi connectivity index (χ0n) is 18.4. The van der Waals surface area contributed by atoms with Gasteiger partial charge in [-0.25, -0.2) is 4.39 Å². The maximum absolute atomic E-state index is 15.4. The van der Waals surface area contributed by atoms with Crippen molar-refractivity contribution >= 4 is 10.8 Å². The standard InChI is InChI=1S/C29H35F/c1-2-3-4-5-7-11-22-16-18-24(19-17-22)25-14-10-15-28-27(25)21-20-26(29(28)30)23-12-8-6-9-13-23/h6,8-10,12-15,20-22,24H,2-5,7,11,16-19H2,1H3/t22-,24-. The van der Waals surface area contributed by atoms with Gasteiger partial charge in [0.05, 0.1) is 0 Å². The summed E-state index contributed by atoms with van der Waals surface area (Å²) >= 11 is 0. The third-order valence-corrected chi connectivity index (χ3v) is 7.12. The van der Waals surface area contributed by atoms with Crippen molar-refractivity contribution in [2.24, 2.45) is 5.92 Å². The highest BCUT2D eigenvalue weighted by Gasteiger charge is 2.24. The van der Waals surface area contributed by atoms with E-state index in [1.165, 1.54) is 69.8 Å². The normalized spacial score (nSPS) is 19.3. The largest absolute Gasteiger partial charge is 0.206 e. The minimum absolute atomic E-state index is 0.0821. The Morgan fingerprint density at radius 1 is 0.733 bits per heavy atom. The van der Waals surface area contributed by atoms with Crippen molar-refractivity contribution < 1.29 is 4.39 Å². The van der Waals surface area contributed by atoms with Gasteiger partial charge in [-0.2, -0.15) is 0 Å². The molecule has 1 fully saturated rings. The number of fused-ring (bicyclic) bond motifs is 1. The van der Waals surface area contributed by atoms with Crippen LogP contribution in [0.25, 0.3) is 21.9 Å². The smallest absolute Gasteiger partial charge is 0.138 e. The van der Waals surface area contributed by atoms with Crippen LogP contribution in [-0.4, -0.2) is 0 Å². The van der Waals surface area contributed by atoms with Gasteiger partial charge in [0.2, 0.25) is 0 Å². The summed E-state index contributed by atoms with van der Waals surface area (Å²) < 4.78 is 15.4. The molecule has 0 bridgehead atoms. The average molecular weight is 403 g/mol. The maximum atomic E-state index is 15.4. The molecular formula is C29H35F. The highest BCUT2D eigenvalue weighted by atomic mass is 19.1. The van der Waals surface area contributed by atoms with E-state index >= 15 is 4.39 Å². The van der Waals surface area contributed by atoms with E-state index < -0.39 is 0 Å². The zero-order chi connectivity index (χ0) is 20.8. The molecule has 0 nitrogen and oxygen atoms in total. The number of unbranched alkanes of at least 4 members (excludes halogenated alkanes) is 4. The molecule has 0 atom stereocenters. The third-order valence-electron chi connectivity index (χ3n) is 7.12. The van der Waals surface area contributed by atoms with Crippen LogP contribution in [0.3, 0.4) is 0 Å². The molecule has 3 aromatic carbocycles. The minimum atomic E-state index is -0.0821. The zero-order valence-corrected chi connectivity index (χ0v) is 18.4. The molecule has 1 heteroatoms. The Bertz CT molecular complexity index is 935. The first-order chi connectivity index (χ1) is 14.8. The lowest BCUT2D eigenvalue weighted by atomic mass is 9.76. The number of hydrogen-bond acceptors (Lipinski definition) is 0. The molecule has 158 valence electrons. The minimum Gasteiger partial charge on any atom is -0.206 e. The molecule has 3 aromatic rings. The van der Waals surface area contributed by atoms with Crippen LogP contribution in [0, 0.1) is 11.7 Å². The molecular weight excluding hydrogens is 367 g/mol. The van der Waals surface area contributed by atoms with Crippen LogP contribution in [0.4, 0.5) is 4.39 Å². The Morgan fingerprint density at radius 2 is 1.50 bits per heavy atom. The number of benzene rings is 3. The summed E-state index contributed by atoms with van der Waals surface area (Å²) in [6.45, 7) is 2.28. The van der Waals surface area contributed by atoms with Crippen LogP contribution in [0.15, 0.2) is 60.7 Å².